The summed E-state index contributed by atoms with van der Waals surface area (Å²) in [6, 6.07) is 7.50. The van der Waals surface area contributed by atoms with E-state index in [-0.39, 0.29) is 23.3 Å². The van der Waals surface area contributed by atoms with E-state index in [4.69, 9.17) is 11.6 Å². The molecule has 0 spiro atoms. The third kappa shape index (κ3) is 3.37. The number of halogens is 2. The topological polar surface area (TPSA) is 49.4 Å². The zero-order valence-corrected chi connectivity index (χ0v) is 14.2. The molecule has 2 fully saturated rings. The second-order valence-electron chi connectivity index (χ2n) is 5.74. The molecule has 2 bridgehead atoms. The van der Waals surface area contributed by atoms with Crippen molar-refractivity contribution in [1.29, 1.82) is 0 Å². The molecular weight excluding hydrogens is 331 g/mol. The van der Waals surface area contributed by atoms with Gasteiger partial charge in [-0.3, -0.25) is 0 Å². The van der Waals surface area contributed by atoms with E-state index in [1.54, 1.807) is 25.2 Å². The molecule has 1 N–H and O–H groups in total. The van der Waals surface area contributed by atoms with Crippen molar-refractivity contribution in [3.8, 4) is 0 Å². The highest BCUT2D eigenvalue weighted by molar-refractivity contribution is 7.89. The molecule has 0 aromatic heterocycles. The maximum absolute atomic E-state index is 12.7. The van der Waals surface area contributed by atoms with Gasteiger partial charge >= 0.3 is 0 Å². The number of hydrogen-bond acceptors (Lipinski definition) is 3. The maximum Gasteiger partial charge on any atom is 0.243 e. The number of rotatable bonds is 3. The van der Waals surface area contributed by atoms with Crippen LogP contribution in [0.4, 0.5) is 0 Å². The Balaban J connectivity index is 0.00000161. The predicted octanol–water partition coefficient (Wildman–Crippen LogP) is 2.67. The summed E-state index contributed by atoms with van der Waals surface area (Å²) in [4.78, 5) is 0.276. The van der Waals surface area contributed by atoms with Gasteiger partial charge in [-0.1, -0.05) is 17.7 Å². The van der Waals surface area contributed by atoms with Gasteiger partial charge in [0.15, 0.2) is 0 Å². The highest BCUT2D eigenvalue weighted by atomic mass is 35.5. The number of fused-ring (bicyclic) bond motifs is 2. The van der Waals surface area contributed by atoms with Crippen LogP contribution in [0.5, 0.6) is 0 Å². The Morgan fingerprint density at radius 3 is 2.43 bits per heavy atom. The van der Waals surface area contributed by atoms with Gasteiger partial charge in [-0.05, 0) is 43.9 Å². The van der Waals surface area contributed by atoms with E-state index >= 15 is 0 Å². The number of nitrogens with one attached hydrogen (secondary N) is 1. The molecule has 2 saturated heterocycles. The summed E-state index contributed by atoms with van der Waals surface area (Å²) in [5.41, 5.74) is 0. The summed E-state index contributed by atoms with van der Waals surface area (Å²) in [5.74, 6) is 0. The minimum Gasteiger partial charge on any atom is -0.311 e. The van der Waals surface area contributed by atoms with Crippen molar-refractivity contribution >= 4 is 34.0 Å². The lowest BCUT2D eigenvalue weighted by molar-refractivity contribution is 0.251. The van der Waals surface area contributed by atoms with Gasteiger partial charge in [0.25, 0.3) is 0 Å². The van der Waals surface area contributed by atoms with Crippen molar-refractivity contribution < 1.29 is 8.42 Å². The lowest BCUT2D eigenvalue weighted by Gasteiger charge is -2.34. The van der Waals surface area contributed by atoms with E-state index in [0.29, 0.717) is 17.1 Å². The average molecular weight is 351 g/mol. The molecule has 2 aliphatic rings. The molecule has 118 valence electrons. The summed E-state index contributed by atoms with van der Waals surface area (Å²) in [5, 5.41) is 3.98. The largest absolute Gasteiger partial charge is 0.311 e. The average Bonchev–Trinajstić information content (AvgIpc) is 2.76. The molecule has 4 nitrogen and oxygen atoms in total. The molecular formula is C14H20Cl2N2O2S. The molecule has 2 unspecified atom stereocenters. The summed E-state index contributed by atoms with van der Waals surface area (Å²) in [6.07, 6.45) is 4.11. The molecule has 2 atom stereocenters. The highest BCUT2D eigenvalue weighted by Gasteiger charge is 2.38. The van der Waals surface area contributed by atoms with E-state index in [1.807, 2.05) is 0 Å². The Labute approximate surface area is 137 Å². The Bertz CT molecular complexity index is 597. The van der Waals surface area contributed by atoms with E-state index in [2.05, 4.69) is 5.32 Å². The summed E-state index contributed by atoms with van der Waals surface area (Å²) in [6.45, 7) is 0. The molecule has 21 heavy (non-hydrogen) atoms. The molecule has 7 heteroatoms. The summed E-state index contributed by atoms with van der Waals surface area (Å²) >= 11 is 5.90. The molecule has 2 aliphatic heterocycles. The van der Waals surface area contributed by atoms with Crippen molar-refractivity contribution in [3.63, 3.8) is 0 Å². The number of piperidine rings is 1. The number of hydrogen-bond donors (Lipinski definition) is 1. The fourth-order valence-corrected chi connectivity index (χ4v) is 4.99. The van der Waals surface area contributed by atoms with Gasteiger partial charge in [0.05, 0.1) is 4.90 Å². The number of sulfonamides is 1. The number of nitrogens with zero attached hydrogens (tertiary/aromatic N) is 1. The van der Waals surface area contributed by atoms with Crippen LogP contribution in [0.1, 0.15) is 25.7 Å². The molecule has 0 aliphatic carbocycles. The second kappa shape index (κ2) is 6.42. The first-order valence-electron chi connectivity index (χ1n) is 6.96. The molecule has 1 aromatic carbocycles. The molecule has 0 saturated carbocycles. The highest BCUT2D eigenvalue weighted by Crippen LogP contribution is 2.31. The fourth-order valence-electron chi connectivity index (χ4n) is 3.31. The fraction of sp³-hybridized carbons (Fsp3) is 0.571. The van der Waals surface area contributed by atoms with Crippen LogP contribution in [0.25, 0.3) is 0 Å². The van der Waals surface area contributed by atoms with Gasteiger partial charge in [0, 0.05) is 30.2 Å². The Kier molecular flexibility index (Phi) is 5.21. The van der Waals surface area contributed by atoms with Crippen LogP contribution < -0.4 is 5.32 Å². The summed E-state index contributed by atoms with van der Waals surface area (Å²) < 4.78 is 26.9. The quantitative estimate of drug-likeness (QED) is 0.911. The second-order valence-corrected chi connectivity index (χ2v) is 8.18. The van der Waals surface area contributed by atoms with Crippen LogP contribution in [0.2, 0.25) is 5.02 Å². The zero-order chi connectivity index (χ0) is 14.3. The van der Waals surface area contributed by atoms with Gasteiger partial charge in [-0.25, -0.2) is 8.42 Å². The van der Waals surface area contributed by atoms with Crippen LogP contribution in [0, 0.1) is 0 Å². The first-order valence-corrected chi connectivity index (χ1v) is 8.78. The van der Waals surface area contributed by atoms with E-state index in [1.165, 1.54) is 10.4 Å². The van der Waals surface area contributed by atoms with Crippen molar-refractivity contribution in [2.24, 2.45) is 0 Å². The Hall–Kier alpha value is -0.330. The van der Waals surface area contributed by atoms with Crippen LogP contribution in [0.15, 0.2) is 29.2 Å². The van der Waals surface area contributed by atoms with E-state index < -0.39 is 10.0 Å². The minimum absolute atomic E-state index is 0. The van der Waals surface area contributed by atoms with E-state index in [0.717, 1.165) is 25.7 Å². The molecule has 2 heterocycles. The van der Waals surface area contributed by atoms with Gasteiger partial charge in [-0.15, -0.1) is 12.4 Å². The standard InChI is InChI=1S/C14H19ClN2O2S.ClH/c1-17(13-8-11-5-6-12(9-13)16-11)20(18,19)14-4-2-3-10(15)7-14;/h2-4,7,11-13,16H,5-6,8-9H2,1H3;1H. The molecule has 0 radical (unpaired) electrons. The molecule has 3 rings (SSSR count). The van der Waals surface area contributed by atoms with Crippen LogP contribution in [-0.2, 0) is 10.0 Å². The summed E-state index contributed by atoms with van der Waals surface area (Å²) in [7, 11) is -1.77. The molecule has 1 aromatic rings. The van der Waals surface area contributed by atoms with Crippen LogP contribution in [0.3, 0.4) is 0 Å². The predicted molar refractivity (Wildman–Crippen MR) is 86.6 cm³/mol. The first kappa shape index (κ1) is 17.0. The van der Waals surface area contributed by atoms with Gasteiger partial charge in [-0.2, -0.15) is 4.31 Å². The maximum atomic E-state index is 12.7. The number of benzene rings is 1. The third-order valence-electron chi connectivity index (χ3n) is 4.44. The molecule has 0 amide bonds. The van der Waals surface area contributed by atoms with Crippen LogP contribution in [-0.4, -0.2) is 37.9 Å². The van der Waals surface area contributed by atoms with Crippen LogP contribution >= 0.6 is 24.0 Å². The van der Waals surface area contributed by atoms with Crippen molar-refractivity contribution in [3.05, 3.63) is 29.3 Å². The normalized spacial score (nSPS) is 28.4. The monoisotopic (exact) mass is 350 g/mol. The third-order valence-corrected chi connectivity index (χ3v) is 6.58. The lowest BCUT2D eigenvalue weighted by atomic mass is 10.0. The zero-order valence-electron chi connectivity index (χ0n) is 11.8. The minimum atomic E-state index is -3.46. The van der Waals surface area contributed by atoms with E-state index in [9.17, 15) is 8.42 Å². The van der Waals surface area contributed by atoms with Crippen molar-refractivity contribution in [2.45, 2.75) is 48.7 Å². The van der Waals surface area contributed by atoms with Gasteiger partial charge in [0.1, 0.15) is 0 Å². The van der Waals surface area contributed by atoms with Gasteiger partial charge < -0.3 is 5.32 Å². The smallest absolute Gasteiger partial charge is 0.243 e. The van der Waals surface area contributed by atoms with Crippen molar-refractivity contribution in [2.75, 3.05) is 7.05 Å². The van der Waals surface area contributed by atoms with Gasteiger partial charge in [0.2, 0.25) is 10.0 Å². The Morgan fingerprint density at radius 1 is 1.24 bits per heavy atom. The Morgan fingerprint density at radius 2 is 1.86 bits per heavy atom. The van der Waals surface area contributed by atoms with Crippen molar-refractivity contribution in [1.82, 2.24) is 9.62 Å². The first-order chi connectivity index (χ1) is 9.46. The SMILES string of the molecule is CN(C1CC2CCC(C1)N2)S(=O)(=O)c1cccc(Cl)c1.Cl. The lowest BCUT2D eigenvalue weighted by Crippen LogP contribution is -2.48.